The topological polar surface area (TPSA) is 47.3 Å². The quantitative estimate of drug-likeness (QED) is 0.919. The first-order chi connectivity index (χ1) is 9.13. The molecule has 0 spiro atoms. The monoisotopic (exact) mass is 324 g/mol. The SMILES string of the molecule is Cc1nn(C)c(COc2ccccc2CCO)c1Br. The molecule has 4 nitrogen and oxygen atoms in total. The summed E-state index contributed by atoms with van der Waals surface area (Å²) in [5.74, 6) is 0.808. The average Bonchev–Trinajstić information content (AvgIpc) is 2.63. The molecule has 0 saturated heterocycles. The van der Waals surface area contributed by atoms with E-state index < -0.39 is 0 Å². The van der Waals surface area contributed by atoms with E-state index in [2.05, 4.69) is 21.0 Å². The van der Waals surface area contributed by atoms with Crippen LogP contribution in [0.4, 0.5) is 0 Å². The first-order valence-electron chi connectivity index (χ1n) is 6.13. The van der Waals surface area contributed by atoms with E-state index in [0.717, 1.165) is 27.2 Å². The van der Waals surface area contributed by atoms with Crippen molar-refractivity contribution in [3.05, 3.63) is 45.7 Å². The zero-order valence-corrected chi connectivity index (χ0v) is 12.6. The van der Waals surface area contributed by atoms with E-state index in [1.54, 1.807) is 0 Å². The fraction of sp³-hybridized carbons (Fsp3) is 0.357. The fourth-order valence-electron chi connectivity index (χ4n) is 1.95. The molecule has 1 aromatic heterocycles. The lowest BCUT2D eigenvalue weighted by molar-refractivity contribution is 0.278. The maximum Gasteiger partial charge on any atom is 0.131 e. The smallest absolute Gasteiger partial charge is 0.131 e. The minimum absolute atomic E-state index is 0.120. The van der Waals surface area contributed by atoms with Crippen molar-refractivity contribution in [1.82, 2.24) is 9.78 Å². The summed E-state index contributed by atoms with van der Waals surface area (Å²) in [6, 6.07) is 7.76. The van der Waals surface area contributed by atoms with Crippen molar-refractivity contribution in [3.8, 4) is 5.75 Å². The Morgan fingerprint density at radius 2 is 2.11 bits per heavy atom. The van der Waals surface area contributed by atoms with Crippen LogP contribution in [0, 0.1) is 6.92 Å². The van der Waals surface area contributed by atoms with Gasteiger partial charge in [-0.15, -0.1) is 0 Å². The Hall–Kier alpha value is -1.33. The number of hydrogen-bond donors (Lipinski definition) is 1. The van der Waals surface area contributed by atoms with E-state index in [1.807, 2.05) is 42.9 Å². The highest BCUT2D eigenvalue weighted by Gasteiger charge is 2.12. The zero-order valence-electron chi connectivity index (χ0n) is 11.1. The molecule has 0 amide bonds. The van der Waals surface area contributed by atoms with Crippen LogP contribution < -0.4 is 4.74 Å². The molecule has 0 radical (unpaired) electrons. The van der Waals surface area contributed by atoms with Gasteiger partial charge in [-0.3, -0.25) is 4.68 Å². The number of aromatic nitrogens is 2. The molecule has 2 rings (SSSR count). The van der Waals surface area contributed by atoms with E-state index >= 15 is 0 Å². The van der Waals surface area contributed by atoms with Gasteiger partial charge in [0, 0.05) is 13.7 Å². The van der Waals surface area contributed by atoms with E-state index in [0.29, 0.717) is 13.0 Å². The number of aliphatic hydroxyl groups excluding tert-OH is 1. The van der Waals surface area contributed by atoms with Gasteiger partial charge in [0.15, 0.2) is 0 Å². The van der Waals surface area contributed by atoms with Crippen LogP contribution in [-0.4, -0.2) is 21.5 Å². The lowest BCUT2D eigenvalue weighted by atomic mass is 10.1. The summed E-state index contributed by atoms with van der Waals surface area (Å²) in [6.07, 6.45) is 0.599. The summed E-state index contributed by atoms with van der Waals surface area (Å²) < 4.78 is 8.64. The number of halogens is 1. The van der Waals surface area contributed by atoms with Gasteiger partial charge in [-0.1, -0.05) is 18.2 Å². The van der Waals surface area contributed by atoms with Gasteiger partial charge in [-0.25, -0.2) is 0 Å². The zero-order chi connectivity index (χ0) is 13.8. The van der Waals surface area contributed by atoms with Crippen LogP contribution >= 0.6 is 15.9 Å². The minimum Gasteiger partial charge on any atom is -0.487 e. The molecule has 0 atom stereocenters. The van der Waals surface area contributed by atoms with Gasteiger partial charge in [-0.05, 0) is 40.9 Å². The lowest BCUT2D eigenvalue weighted by Gasteiger charge is -2.11. The Balaban J connectivity index is 2.14. The predicted octanol–water partition coefficient (Wildman–Crippen LogP) is 2.60. The summed E-state index contributed by atoms with van der Waals surface area (Å²) in [4.78, 5) is 0. The Kier molecular flexibility index (Phi) is 4.61. The average molecular weight is 325 g/mol. The second kappa shape index (κ2) is 6.21. The summed E-state index contributed by atoms with van der Waals surface area (Å²) in [5.41, 5.74) is 2.96. The van der Waals surface area contributed by atoms with Crippen molar-refractivity contribution in [2.24, 2.45) is 7.05 Å². The van der Waals surface area contributed by atoms with Gasteiger partial charge in [-0.2, -0.15) is 5.10 Å². The van der Waals surface area contributed by atoms with Crippen molar-refractivity contribution < 1.29 is 9.84 Å². The van der Waals surface area contributed by atoms with Crippen LogP contribution in [0.1, 0.15) is 17.0 Å². The van der Waals surface area contributed by atoms with Gasteiger partial charge in [0.25, 0.3) is 0 Å². The molecule has 0 aliphatic rings. The highest BCUT2D eigenvalue weighted by molar-refractivity contribution is 9.10. The lowest BCUT2D eigenvalue weighted by Crippen LogP contribution is -2.05. The van der Waals surface area contributed by atoms with E-state index in [1.165, 1.54) is 0 Å². The maximum atomic E-state index is 9.04. The van der Waals surface area contributed by atoms with Gasteiger partial charge in [0.05, 0.1) is 15.9 Å². The standard InChI is InChI=1S/C14H17BrN2O2/c1-10-14(15)12(17(2)16-10)9-19-13-6-4-3-5-11(13)7-8-18/h3-6,18H,7-9H2,1-2H3. The van der Waals surface area contributed by atoms with Gasteiger partial charge in [0.2, 0.25) is 0 Å². The summed E-state index contributed by atoms with van der Waals surface area (Å²) in [5, 5.41) is 13.4. The van der Waals surface area contributed by atoms with Crippen LogP contribution in [0.25, 0.3) is 0 Å². The molecule has 1 N–H and O–H groups in total. The molecule has 0 bridgehead atoms. The molecule has 0 unspecified atom stereocenters. The Bertz CT molecular complexity index is 567. The molecule has 0 saturated carbocycles. The molecule has 1 heterocycles. The van der Waals surface area contributed by atoms with Crippen LogP contribution in [0.5, 0.6) is 5.75 Å². The predicted molar refractivity (Wildman–Crippen MR) is 77.2 cm³/mol. The van der Waals surface area contributed by atoms with Crippen molar-refractivity contribution in [3.63, 3.8) is 0 Å². The minimum atomic E-state index is 0.120. The third-order valence-corrected chi connectivity index (χ3v) is 4.01. The Morgan fingerprint density at radius 3 is 2.74 bits per heavy atom. The molecule has 5 heteroatoms. The number of ether oxygens (including phenoxy) is 1. The van der Waals surface area contributed by atoms with Gasteiger partial charge >= 0.3 is 0 Å². The summed E-state index contributed by atoms with van der Waals surface area (Å²) in [7, 11) is 1.90. The second-order valence-electron chi connectivity index (χ2n) is 4.34. The number of nitrogens with zero attached hydrogens (tertiary/aromatic N) is 2. The largest absolute Gasteiger partial charge is 0.487 e. The first-order valence-corrected chi connectivity index (χ1v) is 6.92. The molecule has 0 aliphatic carbocycles. The molecule has 0 fully saturated rings. The van der Waals surface area contributed by atoms with Gasteiger partial charge < -0.3 is 9.84 Å². The van der Waals surface area contributed by atoms with Crippen LogP contribution in [0.3, 0.4) is 0 Å². The molecule has 2 aromatic rings. The fourth-order valence-corrected chi connectivity index (χ4v) is 2.41. The highest BCUT2D eigenvalue weighted by atomic mass is 79.9. The number of rotatable bonds is 5. The molecular weight excluding hydrogens is 308 g/mol. The first kappa shape index (κ1) is 14.1. The van der Waals surface area contributed by atoms with Crippen LogP contribution in [0.2, 0.25) is 0 Å². The van der Waals surface area contributed by atoms with Crippen molar-refractivity contribution in [2.45, 2.75) is 20.0 Å². The third-order valence-electron chi connectivity index (χ3n) is 2.98. The van der Waals surface area contributed by atoms with Crippen molar-refractivity contribution >= 4 is 15.9 Å². The molecule has 0 aliphatic heterocycles. The number of benzene rings is 1. The second-order valence-corrected chi connectivity index (χ2v) is 5.13. The third kappa shape index (κ3) is 3.16. The summed E-state index contributed by atoms with van der Waals surface area (Å²) in [6.45, 7) is 2.52. The normalized spacial score (nSPS) is 10.7. The molecule has 102 valence electrons. The maximum absolute atomic E-state index is 9.04. The summed E-state index contributed by atoms with van der Waals surface area (Å²) >= 11 is 3.52. The van der Waals surface area contributed by atoms with Gasteiger partial charge in [0.1, 0.15) is 12.4 Å². The number of aliphatic hydroxyl groups is 1. The van der Waals surface area contributed by atoms with Crippen molar-refractivity contribution in [2.75, 3.05) is 6.61 Å². The number of aryl methyl sites for hydroxylation is 2. The van der Waals surface area contributed by atoms with Crippen molar-refractivity contribution in [1.29, 1.82) is 0 Å². The highest BCUT2D eigenvalue weighted by Crippen LogP contribution is 2.24. The number of hydrogen-bond acceptors (Lipinski definition) is 3. The molecule has 1 aromatic carbocycles. The Labute approximate surface area is 121 Å². The number of para-hydroxylation sites is 1. The Morgan fingerprint density at radius 1 is 1.37 bits per heavy atom. The molecular formula is C14H17BrN2O2. The van der Waals surface area contributed by atoms with E-state index in [9.17, 15) is 0 Å². The van der Waals surface area contributed by atoms with Crippen LogP contribution in [0.15, 0.2) is 28.7 Å². The van der Waals surface area contributed by atoms with E-state index in [-0.39, 0.29) is 6.61 Å². The van der Waals surface area contributed by atoms with Crippen LogP contribution in [-0.2, 0) is 20.1 Å². The molecule has 19 heavy (non-hydrogen) atoms. The van der Waals surface area contributed by atoms with E-state index in [4.69, 9.17) is 9.84 Å².